The van der Waals surface area contributed by atoms with Gasteiger partial charge in [-0.1, -0.05) is 18.2 Å². The van der Waals surface area contributed by atoms with Crippen molar-refractivity contribution in [3.8, 4) is 0 Å². The van der Waals surface area contributed by atoms with Crippen LogP contribution in [0.4, 0.5) is 11.4 Å². The molecular formula is C20H23N3O. The van der Waals surface area contributed by atoms with Crippen LogP contribution in [0.3, 0.4) is 0 Å². The molecule has 4 rings (SSSR count). The fourth-order valence-corrected chi connectivity index (χ4v) is 3.78. The van der Waals surface area contributed by atoms with Crippen LogP contribution in [-0.2, 0) is 6.42 Å². The Bertz CT molecular complexity index is 786. The van der Waals surface area contributed by atoms with Gasteiger partial charge in [0.1, 0.15) is 0 Å². The molecule has 1 atom stereocenters. The summed E-state index contributed by atoms with van der Waals surface area (Å²) < 4.78 is 0. The van der Waals surface area contributed by atoms with Crippen molar-refractivity contribution in [1.29, 1.82) is 0 Å². The maximum Gasteiger partial charge on any atom is 0.258 e. The Labute approximate surface area is 142 Å². The molecule has 0 spiro atoms. The Morgan fingerprint density at radius 1 is 1.17 bits per heavy atom. The number of nitrogens with zero attached hydrogens (tertiary/aromatic N) is 2. The SMILES string of the molecule is Cc1ccccc1C(=O)N1CCc2cc(N3CCC(N)C3)ccc21. The number of anilines is 2. The largest absolute Gasteiger partial charge is 0.370 e. The highest BCUT2D eigenvalue weighted by atomic mass is 16.2. The average molecular weight is 321 g/mol. The first kappa shape index (κ1) is 15.2. The minimum Gasteiger partial charge on any atom is -0.370 e. The summed E-state index contributed by atoms with van der Waals surface area (Å²) in [6.45, 7) is 4.69. The van der Waals surface area contributed by atoms with Crippen molar-refractivity contribution in [1.82, 2.24) is 0 Å². The molecule has 2 heterocycles. The minimum atomic E-state index is 0.0998. The molecule has 4 nitrogen and oxygen atoms in total. The predicted octanol–water partition coefficient (Wildman–Crippen LogP) is 2.74. The average Bonchev–Trinajstić information content (AvgIpc) is 3.20. The van der Waals surface area contributed by atoms with Gasteiger partial charge in [0.05, 0.1) is 0 Å². The molecule has 4 heteroatoms. The Morgan fingerprint density at radius 3 is 2.75 bits per heavy atom. The summed E-state index contributed by atoms with van der Waals surface area (Å²) in [6, 6.07) is 14.5. The Balaban J connectivity index is 1.61. The van der Waals surface area contributed by atoms with Crippen molar-refractivity contribution in [3.63, 3.8) is 0 Å². The Hall–Kier alpha value is -2.33. The Kier molecular flexibility index (Phi) is 3.77. The number of carbonyl (C=O) groups excluding carboxylic acids is 1. The van der Waals surface area contributed by atoms with Crippen LogP contribution in [0.15, 0.2) is 42.5 Å². The van der Waals surface area contributed by atoms with Gasteiger partial charge in [-0.15, -0.1) is 0 Å². The summed E-state index contributed by atoms with van der Waals surface area (Å²) in [5, 5.41) is 0. The number of hydrogen-bond acceptors (Lipinski definition) is 3. The van der Waals surface area contributed by atoms with Gasteiger partial charge in [0.2, 0.25) is 0 Å². The first-order chi connectivity index (χ1) is 11.6. The van der Waals surface area contributed by atoms with Gasteiger partial charge < -0.3 is 15.5 Å². The topological polar surface area (TPSA) is 49.6 Å². The first-order valence-corrected chi connectivity index (χ1v) is 8.64. The molecule has 2 aromatic carbocycles. The third kappa shape index (κ3) is 2.57. The van der Waals surface area contributed by atoms with E-state index in [9.17, 15) is 4.79 Å². The second-order valence-electron chi connectivity index (χ2n) is 6.83. The van der Waals surface area contributed by atoms with Crippen LogP contribution in [0.2, 0.25) is 0 Å². The molecule has 1 amide bonds. The summed E-state index contributed by atoms with van der Waals surface area (Å²) in [7, 11) is 0. The lowest BCUT2D eigenvalue weighted by Crippen LogP contribution is -2.29. The highest BCUT2D eigenvalue weighted by molar-refractivity contribution is 6.08. The molecule has 0 radical (unpaired) electrons. The van der Waals surface area contributed by atoms with Crippen molar-refractivity contribution in [3.05, 3.63) is 59.2 Å². The molecule has 0 saturated carbocycles. The number of hydrogen-bond donors (Lipinski definition) is 1. The molecule has 2 aromatic rings. The van der Waals surface area contributed by atoms with Gasteiger partial charge in [0.15, 0.2) is 0 Å². The summed E-state index contributed by atoms with van der Waals surface area (Å²) >= 11 is 0. The predicted molar refractivity (Wildman–Crippen MR) is 97.8 cm³/mol. The van der Waals surface area contributed by atoms with E-state index < -0.39 is 0 Å². The molecule has 2 N–H and O–H groups in total. The van der Waals surface area contributed by atoms with Gasteiger partial charge in [-0.3, -0.25) is 4.79 Å². The van der Waals surface area contributed by atoms with Crippen LogP contribution in [-0.4, -0.2) is 31.6 Å². The van der Waals surface area contributed by atoms with Gasteiger partial charge in [-0.25, -0.2) is 0 Å². The molecular weight excluding hydrogens is 298 g/mol. The Morgan fingerprint density at radius 2 is 2.00 bits per heavy atom. The maximum absolute atomic E-state index is 12.9. The highest BCUT2D eigenvalue weighted by Gasteiger charge is 2.27. The fraction of sp³-hybridized carbons (Fsp3) is 0.350. The van der Waals surface area contributed by atoms with Gasteiger partial charge in [0, 0.05) is 42.6 Å². The van der Waals surface area contributed by atoms with Crippen LogP contribution >= 0.6 is 0 Å². The zero-order chi connectivity index (χ0) is 16.7. The lowest BCUT2D eigenvalue weighted by atomic mass is 10.1. The second-order valence-corrected chi connectivity index (χ2v) is 6.83. The third-order valence-electron chi connectivity index (χ3n) is 5.17. The third-order valence-corrected chi connectivity index (χ3v) is 5.17. The van der Waals surface area contributed by atoms with E-state index in [4.69, 9.17) is 5.73 Å². The van der Waals surface area contributed by atoms with E-state index in [0.717, 1.165) is 49.3 Å². The zero-order valence-electron chi connectivity index (χ0n) is 14.0. The van der Waals surface area contributed by atoms with Crippen molar-refractivity contribution in [2.45, 2.75) is 25.8 Å². The van der Waals surface area contributed by atoms with Gasteiger partial charge in [-0.05, 0) is 55.2 Å². The summed E-state index contributed by atoms with van der Waals surface area (Å²) in [5.41, 5.74) is 11.4. The van der Waals surface area contributed by atoms with E-state index >= 15 is 0 Å². The van der Waals surface area contributed by atoms with E-state index in [1.165, 1.54) is 11.3 Å². The van der Waals surface area contributed by atoms with E-state index in [0.29, 0.717) is 0 Å². The number of nitrogens with two attached hydrogens (primary N) is 1. The number of rotatable bonds is 2. The molecule has 0 aliphatic carbocycles. The minimum absolute atomic E-state index is 0.0998. The van der Waals surface area contributed by atoms with Gasteiger partial charge in [-0.2, -0.15) is 0 Å². The van der Waals surface area contributed by atoms with Crippen molar-refractivity contribution < 1.29 is 4.79 Å². The second kappa shape index (κ2) is 5.95. The molecule has 1 unspecified atom stereocenters. The van der Waals surface area contributed by atoms with Crippen LogP contribution in [0, 0.1) is 6.92 Å². The first-order valence-electron chi connectivity index (χ1n) is 8.64. The van der Waals surface area contributed by atoms with Crippen LogP contribution in [0.5, 0.6) is 0 Å². The van der Waals surface area contributed by atoms with Crippen LogP contribution in [0.25, 0.3) is 0 Å². The molecule has 24 heavy (non-hydrogen) atoms. The lowest BCUT2D eigenvalue weighted by molar-refractivity contribution is 0.0989. The van der Waals surface area contributed by atoms with Crippen molar-refractivity contribution >= 4 is 17.3 Å². The number of fused-ring (bicyclic) bond motifs is 1. The van der Waals surface area contributed by atoms with E-state index in [-0.39, 0.29) is 11.9 Å². The zero-order valence-corrected chi connectivity index (χ0v) is 14.0. The number of amides is 1. The molecule has 0 aromatic heterocycles. The summed E-state index contributed by atoms with van der Waals surface area (Å²) in [5.74, 6) is 0.0998. The molecule has 2 aliphatic rings. The van der Waals surface area contributed by atoms with Crippen molar-refractivity contribution in [2.24, 2.45) is 5.73 Å². The van der Waals surface area contributed by atoms with E-state index in [2.05, 4.69) is 23.1 Å². The highest BCUT2D eigenvalue weighted by Crippen LogP contribution is 2.33. The molecule has 1 saturated heterocycles. The van der Waals surface area contributed by atoms with Crippen LogP contribution < -0.4 is 15.5 Å². The van der Waals surface area contributed by atoms with E-state index in [1.54, 1.807) is 0 Å². The lowest BCUT2D eigenvalue weighted by Gasteiger charge is -2.21. The number of benzene rings is 2. The summed E-state index contributed by atoms with van der Waals surface area (Å²) in [4.78, 5) is 17.2. The molecule has 1 fully saturated rings. The fourth-order valence-electron chi connectivity index (χ4n) is 3.78. The van der Waals surface area contributed by atoms with Gasteiger partial charge in [0.25, 0.3) is 5.91 Å². The van der Waals surface area contributed by atoms with Crippen LogP contribution in [0.1, 0.15) is 27.9 Å². The quantitative estimate of drug-likeness (QED) is 0.925. The van der Waals surface area contributed by atoms with Crippen molar-refractivity contribution in [2.75, 3.05) is 29.4 Å². The standard InChI is InChI=1S/C20H23N3O/c1-14-4-2-3-5-18(14)20(24)23-11-8-15-12-17(6-7-19(15)23)22-10-9-16(21)13-22/h2-7,12,16H,8-11,13,21H2,1H3. The molecule has 124 valence electrons. The molecule has 2 aliphatic heterocycles. The number of aryl methyl sites for hydroxylation is 1. The van der Waals surface area contributed by atoms with Gasteiger partial charge >= 0.3 is 0 Å². The maximum atomic E-state index is 12.9. The number of carbonyl (C=O) groups is 1. The monoisotopic (exact) mass is 321 g/mol. The molecule has 0 bridgehead atoms. The van der Waals surface area contributed by atoms with E-state index in [1.807, 2.05) is 36.1 Å². The smallest absolute Gasteiger partial charge is 0.258 e. The normalized spacial score (nSPS) is 19.7. The summed E-state index contributed by atoms with van der Waals surface area (Å²) in [6.07, 6.45) is 1.97.